The van der Waals surface area contributed by atoms with Crippen molar-refractivity contribution in [3.63, 3.8) is 0 Å². The smallest absolute Gasteiger partial charge is 0.126 e. The van der Waals surface area contributed by atoms with Gasteiger partial charge in [0.05, 0.1) is 6.10 Å². The van der Waals surface area contributed by atoms with E-state index in [0.717, 1.165) is 24.2 Å². The summed E-state index contributed by atoms with van der Waals surface area (Å²) in [4.78, 5) is 4.29. The maximum atomic E-state index is 13.9. The highest BCUT2D eigenvalue weighted by Crippen LogP contribution is 2.33. The molecular formula is C16H26FN3O. The van der Waals surface area contributed by atoms with Crippen LogP contribution in [0.2, 0.25) is 0 Å². The third kappa shape index (κ3) is 3.54. The van der Waals surface area contributed by atoms with Gasteiger partial charge in [-0.15, -0.1) is 0 Å². The van der Waals surface area contributed by atoms with Crippen LogP contribution in [0.5, 0.6) is 0 Å². The molecular weight excluding hydrogens is 269 g/mol. The molecule has 1 fully saturated rings. The Balaban J connectivity index is 2.41. The summed E-state index contributed by atoms with van der Waals surface area (Å²) in [7, 11) is 4.04. The van der Waals surface area contributed by atoms with Crippen molar-refractivity contribution in [1.82, 2.24) is 4.90 Å². The molecule has 0 aromatic heterocycles. The molecule has 5 heteroatoms. The Morgan fingerprint density at radius 2 is 2.14 bits per heavy atom. The Kier molecular flexibility index (Phi) is 4.86. The lowest BCUT2D eigenvalue weighted by atomic mass is 10.0. The molecule has 3 N–H and O–H groups in total. The number of nitrogens with two attached hydrogens (primary N) is 1. The van der Waals surface area contributed by atoms with Gasteiger partial charge in [0.25, 0.3) is 0 Å². The molecule has 1 aromatic rings. The first-order chi connectivity index (χ1) is 9.79. The maximum absolute atomic E-state index is 13.9. The van der Waals surface area contributed by atoms with Crippen LogP contribution in [0.1, 0.15) is 30.5 Å². The van der Waals surface area contributed by atoms with E-state index < -0.39 is 0 Å². The summed E-state index contributed by atoms with van der Waals surface area (Å²) < 4.78 is 13.9. The van der Waals surface area contributed by atoms with Crippen molar-refractivity contribution in [2.24, 2.45) is 5.73 Å². The average molecular weight is 295 g/mol. The van der Waals surface area contributed by atoms with Crippen molar-refractivity contribution in [2.75, 3.05) is 32.1 Å². The van der Waals surface area contributed by atoms with E-state index in [2.05, 4.69) is 9.80 Å². The summed E-state index contributed by atoms with van der Waals surface area (Å²) in [5.41, 5.74) is 8.38. The fourth-order valence-corrected chi connectivity index (χ4v) is 3.08. The lowest BCUT2D eigenvalue weighted by molar-refractivity contribution is 0.191. The minimum absolute atomic E-state index is 0.220. The number of likely N-dealkylation sites (N-methyl/N-ethyl adjacent to an activating group) is 1. The third-order valence-corrected chi connectivity index (χ3v) is 4.08. The number of hydrogen-bond donors (Lipinski definition) is 2. The molecule has 0 radical (unpaired) electrons. The van der Waals surface area contributed by atoms with Crippen LogP contribution in [0.3, 0.4) is 0 Å². The molecule has 2 rings (SSSR count). The van der Waals surface area contributed by atoms with Gasteiger partial charge in [0.2, 0.25) is 0 Å². The number of aliphatic hydroxyl groups excluding tert-OH is 1. The van der Waals surface area contributed by atoms with E-state index in [0.29, 0.717) is 12.1 Å². The number of benzene rings is 1. The van der Waals surface area contributed by atoms with Crippen LogP contribution in [0.4, 0.5) is 10.1 Å². The van der Waals surface area contributed by atoms with Crippen LogP contribution in [-0.4, -0.2) is 49.3 Å². The Hall–Kier alpha value is -1.17. The molecule has 0 aliphatic carbocycles. The second-order valence-corrected chi connectivity index (χ2v) is 6.41. The standard InChI is InChI=1S/C16H26FN3O/c1-10-5-16(14(11(2)18)7-15(10)17)20-9-13(21)6-12(20)8-19(3)4/h5,7,11-13,21H,6,8-9,18H2,1-4H3. The average Bonchev–Trinajstić information content (AvgIpc) is 2.71. The summed E-state index contributed by atoms with van der Waals surface area (Å²) in [5, 5.41) is 10.0. The van der Waals surface area contributed by atoms with Crippen LogP contribution in [0.25, 0.3) is 0 Å². The number of rotatable bonds is 4. The molecule has 1 saturated heterocycles. The summed E-state index contributed by atoms with van der Waals surface area (Å²) in [5.74, 6) is -0.227. The highest BCUT2D eigenvalue weighted by Gasteiger charge is 2.33. The predicted octanol–water partition coefficient (Wildman–Crippen LogP) is 1.66. The van der Waals surface area contributed by atoms with E-state index in [-0.39, 0.29) is 24.0 Å². The zero-order valence-corrected chi connectivity index (χ0v) is 13.3. The zero-order chi connectivity index (χ0) is 15.7. The molecule has 1 aliphatic rings. The van der Waals surface area contributed by atoms with Crippen LogP contribution in [0.15, 0.2) is 12.1 Å². The Morgan fingerprint density at radius 1 is 1.48 bits per heavy atom. The Labute approximate surface area is 126 Å². The first-order valence-corrected chi connectivity index (χ1v) is 7.44. The first kappa shape index (κ1) is 16.2. The largest absolute Gasteiger partial charge is 0.391 e. The van der Waals surface area contributed by atoms with Crippen LogP contribution in [-0.2, 0) is 0 Å². The van der Waals surface area contributed by atoms with Crippen molar-refractivity contribution in [3.8, 4) is 0 Å². The van der Waals surface area contributed by atoms with Crippen molar-refractivity contribution in [2.45, 2.75) is 38.5 Å². The van der Waals surface area contributed by atoms with Crippen molar-refractivity contribution >= 4 is 5.69 Å². The van der Waals surface area contributed by atoms with Crippen LogP contribution in [0, 0.1) is 12.7 Å². The second kappa shape index (κ2) is 6.30. The van der Waals surface area contributed by atoms with Gasteiger partial charge in [-0.2, -0.15) is 0 Å². The minimum atomic E-state index is -0.346. The van der Waals surface area contributed by atoms with Crippen molar-refractivity contribution in [1.29, 1.82) is 0 Å². The van der Waals surface area contributed by atoms with Crippen LogP contribution >= 0.6 is 0 Å². The Morgan fingerprint density at radius 3 is 2.71 bits per heavy atom. The lowest BCUT2D eigenvalue weighted by Crippen LogP contribution is -2.38. The monoisotopic (exact) mass is 295 g/mol. The number of halogens is 1. The molecule has 0 bridgehead atoms. The topological polar surface area (TPSA) is 52.7 Å². The fourth-order valence-electron chi connectivity index (χ4n) is 3.08. The third-order valence-electron chi connectivity index (χ3n) is 4.08. The number of aryl methyl sites for hydroxylation is 1. The van der Waals surface area contributed by atoms with Gasteiger partial charge in [-0.05, 0) is 57.6 Å². The summed E-state index contributed by atoms with van der Waals surface area (Å²) >= 11 is 0. The SMILES string of the molecule is Cc1cc(N2CC(O)CC2CN(C)C)c(C(C)N)cc1F. The quantitative estimate of drug-likeness (QED) is 0.887. The summed E-state index contributed by atoms with van der Waals surface area (Å²) in [6.07, 6.45) is 0.383. The second-order valence-electron chi connectivity index (χ2n) is 6.41. The molecule has 0 amide bonds. The number of nitrogens with zero attached hydrogens (tertiary/aromatic N) is 2. The molecule has 1 aliphatic heterocycles. The van der Waals surface area contributed by atoms with Gasteiger partial charge in [-0.1, -0.05) is 0 Å². The highest BCUT2D eigenvalue weighted by atomic mass is 19.1. The van der Waals surface area contributed by atoms with Gasteiger partial charge in [-0.25, -0.2) is 4.39 Å². The van der Waals surface area contributed by atoms with E-state index in [1.807, 2.05) is 27.1 Å². The predicted molar refractivity (Wildman–Crippen MR) is 84.1 cm³/mol. The number of aliphatic hydroxyl groups is 1. The molecule has 4 nitrogen and oxygen atoms in total. The first-order valence-electron chi connectivity index (χ1n) is 7.44. The maximum Gasteiger partial charge on any atom is 0.126 e. The molecule has 1 aromatic carbocycles. The highest BCUT2D eigenvalue weighted by molar-refractivity contribution is 5.58. The lowest BCUT2D eigenvalue weighted by Gasteiger charge is -2.31. The van der Waals surface area contributed by atoms with Gasteiger partial charge < -0.3 is 20.6 Å². The molecule has 0 spiro atoms. The zero-order valence-electron chi connectivity index (χ0n) is 13.3. The molecule has 0 saturated carbocycles. The number of anilines is 1. The van der Waals surface area contributed by atoms with E-state index >= 15 is 0 Å². The molecule has 3 atom stereocenters. The van der Waals surface area contributed by atoms with Crippen molar-refractivity contribution < 1.29 is 9.50 Å². The van der Waals surface area contributed by atoms with E-state index in [1.165, 1.54) is 6.07 Å². The Bertz CT molecular complexity index is 505. The molecule has 21 heavy (non-hydrogen) atoms. The van der Waals surface area contributed by atoms with E-state index in [4.69, 9.17) is 5.73 Å². The summed E-state index contributed by atoms with van der Waals surface area (Å²) in [6.45, 7) is 5.05. The molecule has 3 unspecified atom stereocenters. The van der Waals surface area contributed by atoms with E-state index in [9.17, 15) is 9.50 Å². The minimum Gasteiger partial charge on any atom is -0.391 e. The van der Waals surface area contributed by atoms with Gasteiger partial charge in [0.1, 0.15) is 5.82 Å². The van der Waals surface area contributed by atoms with Crippen molar-refractivity contribution in [3.05, 3.63) is 29.1 Å². The number of hydrogen-bond acceptors (Lipinski definition) is 4. The summed E-state index contributed by atoms with van der Waals surface area (Å²) in [6, 6.07) is 3.37. The van der Waals surface area contributed by atoms with Crippen LogP contribution < -0.4 is 10.6 Å². The molecule has 118 valence electrons. The van der Waals surface area contributed by atoms with E-state index in [1.54, 1.807) is 6.92 Å². The molecule has 1 heterocycles. The van der Waals surface area contributed by atoms with Gasteiger partial charge in [-0.3, -0.25) is 0 Å². The number of β-amino-alcohol motifs (C(OH)–C–C–N with tert-alkyl or cyclic N) is 1. The normalized spacial score (nSPS) is 23.9. The van der Waals surface area contributed by atoms with Gasteiger partial charge in [0.15, 0.2) is 0 Å². The van der Waals surface area contributed by atoms with Gasteiger partial charge in [0, 0.05) is 30.9 Å². The fraction of sp³-hybridized carbons (Fsp3) is 0.625. The van der Waals surface area contributed by atoms with Gasteiger partial charge >= 0.3 is 0 Å².